The van der Waals surface area contributed by atoms with Crippen LogP contribution in [0, 0.1) is 0 Å². The SMILES string of the molecule is COc1ccc(CNC(=O)CNC(=O)c2ccc(N3CCCC3=O)cc2)cc1. The maximum Gasteiger partial charge on any atom is 0.251 e. The standard InChI is InChI=1S/C21H23N3O4/c1-28-18-10-4-15(5-11-18)13-22-19(25)14-23-21(27)16-6-8-17(9-7-16)24-12-2-3-20(24)26/h4-11H,2-3,12-14H2,1H3,(H,22,25)(H,23,27). The molecule has 1 fully saturated rings. The molecule has 0 radical (unpaired) electrons. The number of methoxy groups -OCH3 is 1. The zero-order valence-corrected chi connectivity index (χ0v) is 15.7. The highest BCUT2D eigenvalue weighted by Crippen LogP contribution is 2.21. The second kappa shape index (κ2) is 9.03. The van der Waals surface area contributed by atoms with E-state index in [1.165, 1.54) is 0 Å². The van der Waals surface area contributed by atoms with Crippen LogP contribution in [0.5, 0.6) is 5.75 Å². The molecule has 0 atom stereocenters. The molecule has 1 aliphatic rings. The van der Waals surface area contributed by atoms with Crippen molar-refractivity contribution in [3.8, 4) is 5.75 Å². The molecule has 3 rings (SSSR count). The van der Waals surface area contributed by atoms with E-state index in [0.29, 0.717) is 25.1 Å². The second-order valence-electron chi connectivity index (χ2n) is 6.50. The predicted octanol–water partition coefficient (Wildman–Crippen LogP) is 1.87. The number of amides is 3. The number of nitrogens with zero attached hydrogens (tertiary/aromatic N) is 1. The maximum absolute atomic E-state index is 12.2. The van der Waals surface area contributed by atoms with Crippen LogP contribution in [0.4, 0.5) is 5.69 Å². The summed E-state index contributed by atoms with van der Waals surface area (Å²) in [6, 6.07) is 14.2. The number of hydrogen-bond donors (Lipinski definition) is 2. The van der Waals surface area contributed by atoms with Gasteiger partial charge in [-0.1, -0.05) is 12.1 Å². The molecule has 0 aliphatic carbocycles. The van der Waals surface area contributed by atoms with Gasteiger partial charge in [0.1, 0.15) is 5.75 Å². The molecule has 7 heteroatoms. The minimum atomic E-state index is -0.334. The number of ether oxygens (including phenoxy) is 1. The Labute approximate surface area is 163 Å². The van der Waals surface area contributed by atoms with Crippen molar-refractivity contribution in [3.05, 3.63) is 59.7 Å². The lowest BCUT2D eigenvalue weighted by atomic mass is 10.2. The van der Waals surface area contributed by atoms with Gasteiger partial charge in [-0.05, 0) is 48.4 Å². The first-order valence-corrected chi connectivity index (χ1v) is 9.15. The van der Waals surface area contributed by atoms with Gasteiger partial charge in [0.25, 0.3) is 5.91 Å². The van der Waals surface area contributed by atoms with Gasteiger partial charge in [0.15, 0.2) is 0 Å². The van der Waals surface area contributed by atoms with Crippen molar-refractivity contribution in [2.24, 2.45) is 0 Å². The van der Waals surface area contributed by atoms with Gasteiger partial charge in [-0.25, -0.2) is 0 Å². The zero-order chi connectivity index (χ0) is 19.9. The third-order valence-corrected chi connectivity index (χ3v) is 4.57. The Kier molecular flexibility index (Phi) is 6.26. The van der Waals surface area contributed by atoms with Crippen molar-refractivity contribution in [2.75, 3.05) is 25.1 Å². The van der Waals surface area contributed by atoms with Gasteiger partial charge in [-0.2, -0.15) is 0 Å². The van der Waals surface area contributed by atoms with Crippen LogP contribution in [0.15, 0.2) is 48.5 Å². The van der Waals surface area contributed by atoms with Crippen molar-refractivity contribution in [1.29, 1.82) is 0 Å². The fourth-order valence-electron chi connectivity index (χ4n) is 2.98. The molecular formula is C21H23N3O4. The Balaban J connectivity index is 1.45. The molecule has 1 heterocycles. The van der Waals surface area contributed by atoms with E-state index in [2.05, 4.69) is 10.6 Å². The third-order valence-electron chi connectivity index (χ3n) is 4.57. The molecular weight excluding hydrogens is 358 g/mol. The summed E-state index contributed by atoms with van der Waals surface area (Å²) < 4.78 is 5.09. The van der Waals surface area contributed by atoms with Gasteiger partial charge < -0.3 is 20.3 Å². The van der Waals surface area contributed by atoms with Crippen molar-refractivity contribution < 1.29 is 19.1 Å². The molecule has 2 aromatic rings. The number of anilines is 1. The minimum absolute atomic E-state index is 0.103. The lowest BCUT2D eigenvalue weighted by Gasteiger charge is -2.15. The summed E-state index contributed by atoms with van der Waals surface area (Å²) in [5, 5.41) is 5.36. The van der Waals surface area contributed by atoms with Crippen LogP contribution in [0.3, 0.4) is 0 Å². The van der Waals surface area contributed by atoms with Crippen molar-refractivity contribution in [2.45, 2.75) is 19.4 Å². The van der Waals surface area contributed by atoms with Crippen molar-refractivity contribution in [1.82, 2.24) is 10.6 Å². The molecule has 0 unspecified atom stereocenters. The van der Waals surface area contributed by atoms with Gasteiger partial charge >= 0.3 is 0 Å². The van der Waals surface area contributed by atoms with Gasteiger partial charge in [0.05, 0.1) is 13.7 Å². The van der Waals surface area contributed by atoms with Crippen LogP contribution in [-0.2, 0) is 16.1 Å². The fraction of sp³-hybridized carbons (Fsp3) is 0.286. The van der Waals surface area contributed by atoms with E-state index in [1.54, 1.807) is 36.3 Å². The summed E-state index contributed by atoms with van der Waals surface area (Å²) in [7, 11) is 1.60. The summed E-state index contributed by atoms with van der Waals surface area (Å²) in [6.07, 6.45) is 1.42. The van der Waals surface area contributed by atoms with Crippen LogP contribution >= 0.6 is 0 Å². The number of carbonyl (C=O) groups is 3. The first-order chi connectivity index (χ1) is 13.6. The quantitative estimate of drug-likeness (QED) is 0.766. The molecule has 0 aromatic heterocycles. The van der Waals surface area contributed by atoms with Crippen molar-refractivity contribution >= 4 is 23.4 Å². The molecule has 0 bridgehead atoms. The topological polar surface area (TPSA) is 87.7 Å². The fourth-order valence-corrected chi connectivity index (χ4v) is 2.98. The number of hydrogen-bond acceptors (Lipinski definition) is 4. The van der Waals surface area contributed by atoms with Crippen LogP contribution in [0.25, 0.3) is 0 Å². The smallest absolute Gasteiger partial charge is 0.251 e. The molecule has 2 aromatic carbocycles. The summed E-state index contributed by atoms with van der Waals surface area (Å²) in [4.78, 5) is 37.6. The van der Waals surface area contributed by atoms with Crippen LogP contribution in [0.2, 0.25) is 0 Å². The second-order valence-corrected chi connectivity index (χ2v) is 6.50. The van der Waals surface area contributed by atoms with E-state index in [9.17, 15) is 14.4 Å². The van der Waals surface area contributed by atoms with E-state index < -0.39 is 0 Å². The summed E-state index contributed by atoms with van der Waals surface area (Å²) in [5.41, 5.74) is 2.17. The number of carbonyl (C=O) groups excluding carboxylic acids is 3. The molecule has 0 saturated carbocycles. The minimum Gasteiger partial charge on any atom is -0.497 e. The van der Waals surface area contributed by atoms with E-state index in [4.69, 9.17) is 4.74 Å². The Bertz CT molecular complexity index is 847. The van der Waals surface area contributed by atoms with E-state index >= 15 is 0 Å². The lowest BCUT2D eigenvalue weighted by Crippen LogP contribution is -2.36. The van der Waals surface area contributed by atoms with E-state index in [1.807, 2.05) is 24.3 Å². The molecule has 2 N–H and O–H groups in total. The number of nitrogens with one attached hydrogen (secondary N) is 2. The highest BCUT2D eigenvalue weighted by atomic mass is 16.5. The Hall–Kier alpha value is -3.35. The molecule has 1 aliphatic heterocycles. The largest absolute Gasteiger partial charge is 0.497 e. The maximum atomic E-state index is 12.2. The van der Waals surface area contributed by atoms with Gasteiger partial charge in [-0.15, -0.1) is 0 Å². The molecule has 3 amide bonds. The Morgan fingerprint density at radius 2 is 1.75 bits per heavy atom. The average molecular weight is 381 g/mol. The molecule has 7 nitrogen and oxygen atoms in total. The average Bonchev–Trinajstić information content (AvgIpc) is 3.16. The highest BCUT2D eigenvalue weighted by Gasteiger charge is 2.21. The Morgan fingerprint density at radius 1 is 1.04 bits per heavy atom. The van der Waals surface area contributed by atoms with Crippen LogP contribution in [0.1, 0.15) is 28.8 Å². The number of rotatable bonds is 7. The zero-order valence-electron chi connectivity index (χ0n) is 15.7. The summed E-state index contributed by atoms with van der Waals surface area (Å²) in [5.74, 6) is 0.246. The van der Waals surface area contributed by atoms with E-state index in [-0.39, 0.29) is 24.3 Å². The lowest BCUT2D eigenvalue weighted by molar-refractivity contribution is -0.120. The molecule has 28 heavy (non-hydrogen) atoms. The molecule has 0 spiro atoms. The van der Waals surface area contributed by atoms with E-state index in [0.717, 1.165) is 23.4 Å². The normalized spacial score (nSPS) is 13.3. The Morgan fingerprint density at radius 3 is 2.36 bits per heavy atom. The highest BCUT2D eigenvalue weighted by molar-refractivity contribution is 5.98. The van der Waals surface area contributed by atoms with Crippen LogP contribution in [-0.4, -0.2) is 37.9 Å². The number of benzene rings is 2. The van der Waals surface area contributed by atoms with Gasteiger partial charge in [-0.3, -0.25) is 14.4 Å². The van der Waals surface area contributed by atoms with Crippen molar-refractivity contribution in [3.63, 3.8) is 0 Å². The molecule has 146 valence electrons. The first kappa shape index (κ1) is 19.4. The first-order valence-electron chi connectivity index (χ1n) is 9.15. The monoisotopic (exact) mass is 381 g/mol. The molecule has 1 saturated heterocycles. The van der Waals surface area contributed by atoms with Gasteiger partial charge in [0, 0.05) is 30.8 Å². The predicted molar refractivity (Wildman–Crippen MR) is 105 cm³/mol. The van der Waals surface area contributed by atoms with Gasteiger partial charge in [0.2, 0.25) is 11.8 Å². The van der Waals surface area contributed by atoms with Crippen LogP contribution < -0.4 is 20.3 Å². The summed E-state index contributed by atoms with van der Waals surface area (Å²) in [6.45, 7) is 0.970. The third kappa shape index (κ3) is 4.88. The summed E-state index contributed by atoms with van der Waals surface area (Å²) >= 11 is 0.